The van der Waals surface area contributed by atoms with Gasteiger partial charge in [-0.2, -0.15) is 0 Å². The van der Waals surface area contributed by atoms with Crippen molar-refractivity contribution in [2.45, 2.75) is 13.5 Å². The Kier molecular flexibility index (Phi) is 6.64. The number of esters is 1. The molecule has 154 valence electrons. The third-order valence-corrected chi connectivity index (χ3v) is 4.36. The third-order valence-electron chi connectivity index (χ3n) is 4.36. The molecule has 0 fully saturated rings. The van der Waals surface area contributed by atoms with E-state index in [4.69, 9.17) is 9.47 Å². The highest BCUT2D eigenvalue weighted by Gasteiger charge is 2.15. The number of ether oxygens (including phenoxy) is 2. The van der Waals surface area contributed by atoms with E-state index in [2.05, 4.69) is 11.9 Å². The minimum atomic E-state index is -0.515. The molecule has 1 N–H and O–H groups in total. The third kappa shape index (κ3) is 4.57. The van der Waals surface area contributed by atoms with Crippen LogP contribution in [-0.2, 0) is 16.1 Å². The molecular formula is C23H22N2O5. The van der Waals surface area contributed by atoms with E-state index < -0.39 is 11.9 Å². The second-order valence-electron chi connectivity index (χ2n) is 6.38. The highest BCUT2D eigenvalue weighted by atomic mass is 16.5. The van der Waals surface area contributed by atoms with Crippen LogP contribution in [-0.4, -0.2) is 29.7 Å². The summed E-state index contributed by atoms with van der Waals surface area (Å²) >= 11 is 0. The lowest BCUT2D eigenvalue weighted by Crippen LogP contribution is -2.22. The van der Waals surface area contributed by atoms with E-state index in [1.807, 2.05) is 0 Å². The van der Waals surface area contributed by atoms with E-state index in [-0.39, 0.29) is 24.3 Å². The predicted octanol–water partition coefficient (Wildman–Crippen LogP) is 3.38. The molecule has 3 rings (SSSR count). The van der Waals surface area contributed by atoms with Crippen molar-refractivity contribution in [2.24, 2.45) is 0 Å². The standard InChI is InChI=1S/C23H22N2O5/c1-3-13-25-14-12-16-17(22(25)27)9-7-11-20(16)30-15-21(26)24-19-10-6-5-8-18(19)23(28)29-4-2/h3,5-12,14H,1,4,13,15H2,2H3,(H,24,26). The molecule has 3 aromatic rings. The maximum absolute atomic E-state index is 12.5. The molecule has 0 saturated heterocycles. The summed E-state index contributed by atoms with van der Waals surface area (Å²) in [6.45, 7) is 5.71. The summed E-state index contributed by atoms with van der Waals surface area (Å²) in [5.41, 5.74) is 0.445. The zero-order valence-electron chi connectivity index (χ0n) is 16.6. The van der Waals surface area contributed by atoms with E-state index in [1.165, 1.54) is 4.57 Å². The first-order chi connectivity index (χ1) is 14.5. The number of pyridine rings is 1. The van der Waals surface area contributed by atoms with Gasteiger partial charge in [0.1, 0.15) is 5.75 Å². The minimum Gasteiger partial charge on any atom is -0.483 e. The van der Waals surface area contributed by atoms with Crippen molar-refractivity contribution < 1.29 is 19.1 Å². The highest BCUT2D eigenvalue weighted by molar-refractivity contribution is 6.01. The summed E-state index contributed by atoms with van der Waals surface area (Å²) in [5.74, 6) is -0.535. The summed E-state index contributed by atoms with van der Waals surface area (Å²) in [4.78, 5) is 37.0. The maximum Gasteiger partial charge on any atom is 0.340 e. The van der Waals surface area contributed by atoms with Crippen LogP contribution in [0.1, 0.15) is 17.3 Å². The van der Waals surface area contributed by atoms with E-state index in [0.717, 1.165) is 0 Å². The maximum atomic E-state index is 12.5. The molecule has 0 spiro atoms. The largest absolute Gasteiger partial charge is 0.483 e. The summed E-state index contributed by atoms with van der Waals surface area (Å²) < 4.78 is 12.2. The normalized spacial score (nSPS) is 10.4. The summed E-state index contributed by atoms with van der Waals surface area (Å²) in [6, 6.07) is 13.5. The van der Waals surface area contributed by atoms with Gasteiger partial charge in [-0.25, -0.2) is 4.79 Å². The Balaban J connectivity index is 1.75. The average Bonchev–Trinajstić information content (AvgIpc) is 2.75. The molecule has 0 bridgehead atoms. The number of benzene rings is 2. The lowest BCUT2D eigenvalue weighted by Gasteiger charge is -2.12. The molecule has 1 aromatic heterocycles. The zero-order chi connectivity index (χ0) is 21.5. The fourth-order valence-corrected chi connectivity index (χ4v) is 3.01. The first-order valence-corrected chi connectivity index (χ1v) is 9.47. The Bertz CT molecular complexity index is 1150. The number of anilines is 1. The van der Waals surface area contributed by atoms with Crippen LogP contribution < -0.4 is 15.6 Å². The lowest BCUT2D eigenvalue weighted by molar-refractivity contribution is -0.118. The predicted molar refractivity (Wildman–Crippen MR) is 115 cm³/mol. The van der Waals surface area contributed by atoms with Gasteiger partial charge in [0.2, 0.25) is 0 Å². The number of carbonyl (C=O) groups is 2. The van der Waals surface area contributed by atoms with Gasteiger partial charge in [0, 0.05) is 18.1 Å². The molecule has 7 heteroatoms. The quantitative estimate of drug-likeness (QED) is 0.458. The van der Waals surface area contributed by atoms with Gasteiger partial charge < -0.3 is 19.4 Å². The van der Waals surface area contributed by atoms with Gasteiger partial charge in [0.25, 0.3) is 11.5 Å². The van der Waals surface area contributed by atoms with Crippen molar-refractivity contribution in [3.63, 3.8) is 0 Å². The molecule has 30 heavy (non-hydrogen) atoms. The number of aromatic nitrogens is 1. The van der Waals surface area contributed by atoms with Gasteiger partial charge in [0.15, 0.2) is 6.61 Å². The first-order valence-electron chi connectivity index (χ1n) is 9.47. The second-order valence-corrected chi connectivity index (χ2v) is 6.38. The Morgan fingerprint density at radius 3 is 2.67 bits per heavy atom. The molecule has 0 radical (unpaired) electrons. The Morgan fingerprint density at radius 1 is 1.10 bits per heavy atom. The number of amides is 1. The first kappa shape index (κ1) is 20.9. The van der Waals surface area contributed by atoms with Crippen molar-refractivity contribution in [3.8, 4) is 5.75 Å². The summed E-state index contributed by atoms with van der Waals surface area (Å²) in [5, 5.41) is 3.77. The van der Waals surface area contributed by atoms with Crippen LogP contribution >= 0.6 is 0 Å². The Labute approximate surface area is 173 Å². The van der Waals surface area contributed by atoms with Crippen molar-refractivity contribution in [1.82, 2.24) is 4.57 Å². The van der Waals surface area contributed by atoms with Crippen molar-refractivity contribution in [3.05, 3.63) is 83.3 Å². The van der Waals surface area contributed by atoms with Crippen molar-refractivity contribution in [1.29, 1.82) is 0 Å². The van der Waals surface area contributed by atoms with Gasteiger partial charge in [-0.05, 0) is 37.3 Å². The van der Waals surface area contributed by atoms with Crippen LogP contribution in [0.5, 0.6) is 5.75 Å². The minimum absolute atomic E-state index is 0.161. The highest BCUT2D eigenvalue weighted by Crippen LogP contribution is 2.23. The smallest absolute Gasteiger partial charge is 0.340 e. The topological polar surface area (TPSA) is 86.6 Å². The van der Waals surface area contributed by atoms with Gasteiger partial charge in [0.05, 0.1) is 23.2 Å². The van der Waals surface area contributed by atoms with Crippen LogP contribution in [0.25, 0.3) is 10.8 Å². The number of nitrogens with zero attached hydrogens (tertiary/aromatic N) is 1. The molecule has 7 nitrogen and oxygen atoms in total. The molecule has 0 unspecified atom stereocenters. The second kappa shape index (κ2) is 9.56. The van der Waals surface area contributed by atoms with Crippen LogP contribution in [0, 0.1) is 0 Å². The molecule has 0 atom stereocenters. The number of rotatable bonds is 8. The monoisotopic (exact) mass is 406 g/mol. The number of fused-ring (bicyclic) bond motifs is 1. The SMILES string of the molecule is C=CCn1ccc2c(OCC(=O)Nc3ccccc3C(=O)OCC)cccc2c1=O. The number of carbonyl (C=O) groups excluding carboxylic acids is 2. The molecule has 0 aliphatic heterocycles. The number of allylic oxidation sites excluding steroid dienone is 1. The van der Waals surface area contributed by atoms with Crippen LogP contribution in [0.2, 0.25) is 0 Å². The molecule has 1 heterocycles. The lowest BCUT2D eigenvalue weighted by atomic mass is 10.1. The summed E-state index contributed by atoms with van der Waals surface area (Å²) in [7, 11) is 0. The number of hydrogen-bond donors (Lipinski definition) is 1. The molecular weight excluding hydrogens is 384 g/mol. The molecule has 2 aromatic carbocycles. The van der Waals surface area contributed by atoms with Crippen LogP contribution in [0.15, 0.2) is 72.2 Å². The van der Waals surface area contributed by atoms with Crippen molar-refractivity contribution >= 4 is 28.3 Å². The molecule has 0 aliphatic carbocycles. The van der Waals surface area contributed by atoms with E-state index in [1.54, 1.807) is 67.7 Å². The molecule has 0 saturated carbocycles. The molecule has 0 aliphatic rings. The zero-order valence-corrected chi connectivity index (χ0v) is 16.6. The Morgan fingerprint density at radius 2 is 1.90 bits per heavy atom. The number of para-hydroxylation sites is 1. The van der Waals surface area contributed by atoms with E-state index in [9.17, 15) is 14.4 Å². The fraction of sp³-hybridized carbons (Fsp3) is 0.174. The van der Waals surface area contributed by atoms with Gasteiger partial charge >= 0.3 is 5.97 Å². The van der Waals surface area contributed by atoms with Gasteiger partial charge in [-0.3, -0.25) is 9.59 Å². The van der Waals surface area contributed by atoms with Gasteiger partial charge in [-0.1, -0.05) is 24.3 Å². The van der Waals surface area contributed by atoms with E-state index in [0.29, 0.717) is 28.8 Å². The van der Waals surface area contributed by atoms with Crippen molar-refractivity contribution in [2.75, 3.05) is 18.5 Å². The van der Waals surface area contributed by atoms with Crippen LogP contribution in [0.4, 0.5) is 5.69 Å². The average molecular weight is 406 g/mol. The van der Waals surface area contributed by atoms with E-state index >= 15 is 0 Å². The fourth-order valence-electron chi connectivity index (χ4n) is 3.01. The molecule has 1 amide bonds. The Hall–Kier alpha value is -3.87. The van der Waals surface area contributed by atoms with Crippen LogP contribution in [0.3, 0.4) is 0 Å². The number of nitrogens with one attached hydrogen (secondary N) is 1. The number of hydrogen-bond acceptors (Lipinski definition) is 5. The van der Waals surface area contributed by atoms with Gasteiger partial charge in [-0.15, -0.1) is 6.58 Å². The summed E-state index contributed by atoms with van der Waals surface area (Å²) in [6.07, 6.45) is 3.31.